The SMILES string of the molecule is C#Cc1cnc2c(c1)CCCN2. The zero-order valence-corrected chi connectivity index (χ0v) is 6.80. The van der Waals surface area contributed by atoms with Gasteiger partial charge >= 0.3 is 0 Å². The van der Waals surface area contributed by atoms with E-state index in [1.54, 1.807) is 6.20 Å². The summed E-state index contributed by atoms with van der Waals surface area (Å²) in [4.78, 5) is 4.24. The van der Waals surface area contributed by atoms with E-state index in [2.05, 4.69) is 16.2 Å². The summed E-state index contributed by atoms with van der Waals surface area (Å²) in [6, 6.07) is 2.04. The lowest BCUT2D eigenvalue weighted by atomic mass is 10.1. The number of fused-ring (bicyclic) bond motifs is 1. The molecule has 12 heavy (non-hydrogen) atoms. The molecule has 2 heterocycles. The molecule has 0 radical (unpaired) electrons. The van der Waals surface area contributed by atoms with E-state index in [0.717, 1.165) is 24.3 Å². The Balaban J connectivity index is 2.44. The molecule has 1 N–H and O–H groups in total. The van der Waals surface area contributed by atoms with Crippen LogP contribution in [0.5, 0.6) is 0 Å². The smallest absolute Gasteiger partial charge is 0.129 e. The third kappa shape index (κ3) is 1.14. The molecular weight excluding hydrogens is 148 g/mol. The zero-order valence-electron chi connectivity index (χ0n) is 6.80. The van der Waals surface area contributed by atoms with Crippen LogP contribution in [0.2, 0.25) is 0 Å². The minimum Gasteiger partial charge on any atom is -0.370 e. The molecule has 1 aromatic rings. The summed E-state index contributed by atoms with van der Waals surface area (Å²) in [6.07, 6.45) is 9.26. The number of anilines is 1. The molecule has 0 saturated heterocycles. The zero-order chi connectivity index (χ0) is 8.39. The van der Waals surface area contributed by atoms with Gasteiger partial charge in [-0.2, -0.15) is 0 Å². The first-order valence-electron chi connectivity index (χ1n) is 4.09. The fourth-order valence-electron chi connectivity index (χ4n) is 1.42. The van der Waals surface area contributed by atoms with Crippen molar-refractivity contribution in [2.75, 3.05) is 11.9 Å². The molecule has 60 valence electrons. The van der Waals surface area contributed by atoms with Gasteiger partial charge in [-0.05, 0) is 24.5 Å². The van der Waals surface area contributed by atoms with Crippen molar-refractivity contribution in [3.63, 3.8) is 0 Å². The van der Waals surface area contributed by atoms with E-state index < -0.39 is 0 Å². The molecule has 0 amide bonds. The van der Waals surface area contributed by atoms with Crippen LogP contribution in [0.1, 0.15) is 17.5 Å². The number of nitrogens with zero attached hydrogens (tertiary/aromatic N) is 1. The highest BCUT2D eigenvalue weighted by atomic mass is 15.0. The van der Waals surface area contributed by atoms with Gasteiger partial charge in [-0.15, -0.1) is 6.42 Å². The Bertz CT molecular complexity index is 336. The van der Waals surface area contributed by atoms with Crippen molar-refractivity contribution in [1.82, 2.24) is 4.98 Å². The molecule has 0 atom stereocenters. The number of hydrogen-bond donors (Lipinski definition) is 1. The Morgan fingerprint density at radius 2 is 2.50 bits per heavy atom. The van der Waals surface area contributed by atoms with Crippen LogP contribution in [0.4, 0.5) is 5.82 Å². The molecule has 0 fully saturated rings. The van der Waals surface area contributed by atoms with Gasteiger partial charge in [0.1, 0.15) is 5.82 Å². The minimum absolute atomic E-state index is 0.873. The summed E-state index contributed by atoms with van der Waals surface area (Å²) < 4.78 is 0. The quantitative estimate of drug-likeness (QED) is 0.577. The lowest BCUT2D eigenvalue weighted by Crippen LogP contribution is -2.13. The van der Waals surface area contributed by atoms with Gasteiger partial charge in [-0.25, -0.2) is 4.98 Å². The van der Waals surface area contributed by atoms with Crippen molar-refractivity contribution in [2.24, 2.45) is 0 Å². The molecular formula is C10H10N2. The number of pyridine rings is 1. The predicted molar refractivity (Wildman–Crippen MR) is 49.0 cm³/mol. The molecule has 1 aliphatic heterocycles. The summed E-state index contributed by atoms with van der Waals surface area (Å²) in [5.41, 5.74) is 2.12. The fraction of sp³-hybridized carbons (Fsp3) is 0.300. The van der Waals surface area contributed by atoms with Gasteiger partial charge in [0.25, 0.3) is 0 Å². The van der Waals surface area contributed by atoms with E-state index >= 15 is 0 Å². The maximum absolute atomic E-state index is 5.27. The maximum Gasteiger partial charge on any atom is 0.129 e. The average molecular weight is 158 g/mol. The van der Waals surface area contributed by atoms with E-state index in [-0.39, 0.29) is 0 Å². The summed E-state index contributed by atoms with van der Waals surface area (Å²) >= 11 is 0. The second-order valence-electron chi connectivity index (χ2n) is 2.91. The summed E-state index contributed by atoms with van der Waals surface area (Å²) in [5, 5.41) is 3.23. The van der Waals surface area contributed by atoms with Gasteiger partial charge < -0.3 is 5.32 Å². The molecule has 0 aromatic carbocycles. The van der Waals surface area contributed by atoms with E-state index in [1.165, 1.54) is 12.0 Å². The van der Waals surface area contributed by atoms with Gasteiger partial charge in [0.05, 0.1) is 0 Å². The Morgan fingerprint density at radius 1 is 1.58 bits per heavy atom. The average Bonchev–Trinajstić information content (AvgIpc) is 2.17. The third-order valence-electron chi connectivity index (χ3n) is 2.05. The highest BCUT2D eigenvalue weighted by molar-refractivity contribution is 5.49. The van der Waals surface area contributed by atoms with E-state index in [4.69, 9.17) is 6.42 Å². The van der Waals surface area contributed by atoms with Crippen LogP contribution in [-0.2, 0) is 6.42 Å². The van der Waals surface area contributed by atoms with Gasteiger partial charge in [0.15, 0.2) is 0 Å². The van der Waals surface area contributed by atoms with Crippen molar-refractivity contribution in [1.29, 1.82) is 0 Å². The molecule has 0 spiro atoms. The summed E-state index contributed by atoms with van der Waals surface area (Å²) in [7, 11) is 0. The van der Waals surface area contributed by atoms with E-state index in [0.29, 0.717) is 0 Å². The first-order chi connectivity index (χ1) is 5.90. The number of aryl methyl sites for hydroxylation is 1. The van der Waals surface area contributed by atoms with E-state index in [9.17, 15) is 0 Å². The van der Waals surface area contributed by atoms with Crippen molar-refractivity contribution in [2.45, 2.75) is 12.8 Å². The first kappa shape index (κ1) is 7.17. The molecule has 0 unspecified atom stereocenters. The Labute approximate surface area is 72.0 Å². The number of aromatic nitrogens is 1. The lowest BCUT2D eigenvalue weighted by molar-refractivity contribution is 0.817. The van der Waals surface area contributed by atoms with Gasteiger partial charge in [0, 0.05) is 18.3 Å². The van der Waals surface area contributed by atoms with Crippen molar-refractivity contribution in [3.05, 3.63) is 23.4 Å². The predicted octanol–water partition coefficient (Wildman–Crippen LogP) is 1.42. The first-order valence-corrected chi connectivity index (χ1v) is 4.09. The Hall–Kier alpha value is -1.49. The van der Waals surface area contributed by atoms with Gasteiger partial charge in [0.2, 0.25) is 0 Å². The van der Waals surface area contributed by atoms with Crippen LogP contribution in [0.3, 0.4) is 0 Å². The van der Waals surface area contributed by atoms with Crippen molar-refractivity contribution >= 4 is 5.82 Å². The second kappa shape index (κ2) is 2.86. The number of hydrogen-bond acceptors (Lipinski definition) is 2. The Morgan fingerprint density at radius 3 is 3.33 bits per heavy atom. The minimum atomic E-state index is 0.873. The summed E-state index contributed by atoms with van der Waals surface area (Å²) in [6.45, 7) is 1.02. The van der Waals surface area contributed by atoms with Crippen molar-refractivity contribution < 1.29 is 0 Å². The third-order valence-corrected chi connectivity index (χ3v) is 2.05. The fourth-order valence-corrected chi connectivity index (χ4v) is 1.42. The molecule has 0 saturated carbocycles. The normalized spacial score (nSPS) is 14.2. The standard InChI is InChI=1S/C10H10N2/c1-2-8-6-9-4-3-5-11-10(9)12-7-8/h1,6-7H,3-5H2,(H,11,12). The molecule has 2 rings (SSSR count). The molecule has 2 nitrogen and oxygen atoms in total. The Kier molecular flexibility index (Phi) is 1.71. The van der Waals surface area contributed by atoms with Crippen LogP contribution in [0, 0.1) is 12.3 Å². The van der Waals surface area contributed by atoms with Gasteiger partial charge in [-0.1, -0.05) is 5.92 Å². The number of nitrogens with one attached hydrogen (secondary N) is 1. The van der Waals surface area contributed by atoms with Crippen LogP contribution in [0.25, 0.3) is 0 Å². The monoisotopic (exact) mass is 158 g/mol. The summed E-state index contributed by atoms with van der Waals surface area (Å²) in [5.74, 6) is 3.59. The van der Waals surface area contributed by atoms with Crippen LogP contribution in [0.15, 0.2) is 12.3 Å². The molecule has 2 heteroatoms. The highest BCUT2D eigenvalue weighted by Crippen LogP contribution is 2.19. The highest BCUT2D eigenvalue weighted by Gasteiger charge is 2.08. The number of terminal acetylenes is 1. The second-order valence-corrected chi connectivity index (χ2v) is 2.91. The van der Waals surface area contributed by atoms with Crippen molar-refractivity contribution in [3.8, 4) is 12.3 Å². The molecule has 1 aromatic heterocycles. The lowest BCUT2D eigenvalue weighted by Gasteiger charge is -2.16. The largest absolute Gasteiger partial charge is 0.370 e. The molecule has 0 aliphatic carbocycles. The van der Waals surface area contributed by atoms with Crippen LogP contribution in [-0.4, -0.2) is 11.5 Å². The van der Waals surface area contributed by atoms with Gasteiger partial charge in [-0.3, -0.25) is 0 Å². The maximum atomic E-state index is 5.27. The molecule has 0 bridgehead atoms. The van der Waals surface area contributed by atoms with Crippen LogP contribution >= 0.6 is 0 Å². The van der Waals surface area contributed by atoms with E-state index in [1.807, 2.05) is 6.07 Å². The molecule has 1 aliphatic rings. The van der Waals surface area contributed by atoms with Crippen LogP contribution < -0.4 is 5.32 Å². The number of rotatable bonds is 0. The topological polar surface area (TPSA) is 24.9 Å².